The van der Waals surface area contributed by atoms with Crippen molar-refractivity contribution >= 4 is 16.0 Å². The number of aliphatic carboxylic acids is 1. The first kappa shape index (κ1) is 15.2. The molecule has 0 fully saturated rings. The van der Waals surface area contributed by atoms with Gasteiger partial charge < -0.3 is 10.1 Å². The Kier molecular flexibility index (Phi) is 4.39. The van der Waals surface area contributed by atoms with Crippen molar-refractivity contribution in [2.45, 2.75) is 24.3 Å². The number of sulfonamides is 1. The summed E-state index contributed by atoms with van der Waals surface area (Å²) in [5.74, 6) is -1.25. The SMILES string of the molecule is Cc1ccccc1S(=O)(=O)N[C@@H](Cc1cnc[nH]1)C(=O)O. The van der Waals surface area contributed by atoms with Gasteiger partial charge in [0.1, 0.15) is 6.04 Å². The third kappa shape index (κ3) is 3.67. The molecular formula is C13H15N3O4S. The maximum absolute atomic E-state index is 12.3. The number of H-pyrrole nitrogens is 1. The Morgan fingerprint density at radius 2 is 2.14 bits per heavy atom. The van der Waals surface area contributed by atoms with Crippen LogP contribution in [-0.2, 0) is 21.2 Å². The first-order chi connectivity index (χ1) is 9.90. The molecule has 0 aliphatic carbocycles. The molecule has 0 radical (unpaired) electrons. The number of rotatable bonds is 6. The van der Waals surface area contributed by atoms with E-state index in [-0.39, 0.29) is 11.3 Å². The smallest absolute Gasteiger partial charge is 0.322 e. The second kappa shape index (κ2) is 6.06. The molecule has 0 amide bonds. The topological polar surface area (TPSA) is 112 Å². The summed E-state index contributed by atoms with van der Waals surface area (Å²) in [6.07, 6.45) is 2.85. The Bertz CT molecular complexity index is 726. The molecule has 1 aromatic carbocycles. The van der Waals surface area contributed by atoms with Crippen LogP contribution in [0.1, 0.15) is 11.3 Å². The van der Waals surface area contributed by atoms with Crippen LogP contribution in [0.4, 0.5) is 0 Å². The van der Waals surface area contributed by atoms with Crippen LogP contribution in [0.15, 0.2) is 41.7 Å². The lowest BCUT2D eigenvalue weighted by atomic mass is 10.2. The number of hydrogen-bond acceptors (Lipinski definition) is 4. The monoisotopic (exact) mass is 309 g/mol. The molecule has 2 rings (SSSR count). The molecule has 2 aromatic rings. The van der Waals surface area contributed by atoms with Gasteiger partial charge in [-0.3, -0.25) is 4.79 Å². The summed E-state index contributed by atoms with van der Waals surface area (Å²) in [6, 6.07) is 5.13. The predicted octanol–water partition coefficient (Wildman–Crippen LogP) is 0.692. The molecule has 1 heterocycles. The number of nitrogens with zero attached hydrogens (tertiary/aromatic N) is 1. The molecule has 0 saturated heterocycles. The first-order valence-corrected chi connectivity index (χ1v) is 7.66. The summed E-state index contributed by atoms with van der Waals surface area (Å²) in [5.41, 5.74) is 1.09. The second-order valence-electron chi connectivity index (χ2n) is 4.56. The Hall–Kier alpha value is -2.19. The lowest BCUT2D eigenvalue weighted by Gasteiger charge is -2.15. The number of carboxylic acid groups (broad SMARTS) is 1. The van der Waals surface area contributed by atoms with Crippen LogP contribution in [0.3, 0.4) is 0 Å². The number of aromatic amines is 1. The summed E-state index contributed by atoms with van der Waals surface area (Å²) in [6.45, 7) is 1.65. The maximum atomic E-state index is 12.3. The van der Waals surface area contributed by atoms with Gasteiger partial charge in [-0.1, -0.05) is 18.2 Å². The molecule has 21 heavy (non-hydrogen) atoms. The number of imidazole rings is 1. The molecule has 0 spiro atoms. The van der Waals surface area contributed by atoms with Gasteiger partial charge >= 0.3 is 5.97 Å². The Labute approximate surface area is 122 Å². The van der Waals surface area contributed by atoms with E-state index in [0.717, 1.165) is 0 Å². The van der Waals surface area contributed by atoms with Crippen molar-refractivity contribution in [3.05, 3.63) is 48.0 Å². The number of carboxylic acids is 1. The molecule has 0 bridgehead atoms. The molecule has 0 aliphatic rings. The van der Waals surface area contributed by atoms with E-state index in [0.29, 0.717) is 11.3 Å². The number of hydrogen-bond donors (Lipinski definition) is 3. The summed E-state index contributed by atoms with van der Waals surface area (Å²) in [5, 5.41) is 9.19. The number of aromatic nitrogens is 2. The molecule has 1 aromatic heterocycles. The number of nitrogens with one attached hydrogen (secondary N) is 2. The number of benzene rings is 1. The van der Waals surface area contributed by atoms with Gasteiger partial charge in [0, 0.05) is 18.3 Å². The molecule has 0 aliphatic heterocycles. The van der Waals surface area contributed by atoms with E-state index < -0.39 is 22.0 Å². The van der Waals surface area contributed by atoms with E-state index in [4.69, 9.17) is 0 Å². The highest BCUT2D eigenvalue weighted by atomic mass is 32.2. The summed E-state index contributed by atoms with van der Waals surface area (Å²) in [4.78, 5) is 17.9. The number of carbonyl (C=O) groups is 1. The fourth-order valence-electron chi connectivity index (χ4n) is 1.90. The normalized spacial score (nSPS) is 13.0. The van der Waals surface area contributed by atoms with E-state index in [1.165, 1.54) is 18.6 Å². The molecule has 8 heteroatoms. The van der Waals surface area contributed by atoms with Crippen molar-refractivity contribution in [1.82, 2.24) is 14.7 Å². The summed E-state index contributed by atoms with van der Waals surface area (Å²) in [7, 11) is -3.90. The second-order valence-corrected chi connectivity index (χ2v) is 6.24. The van der Waals surface area contributed by atoms with Crippen molar-refractivity contribution in [2.75, 3.05) is 0 Å². The van der Waals surface area contributed by atoms with Crippen molar-refractivity contribution in [3.8, 4) is 0 Å². The fourth-order valence-corrected chi connectivity index (χ4v) is 3.34. The van der Waals surface area contributed by atoms with Crippen LogP contribution >= 0.6 is 0 Å². The fraction of sp³-hybridized carbons (Fsp3) is 0.231. The van der Waals surface area contributed by atoms with Gasteiger partial charge in [-0.2, -0.15) is 4.72 Å². The van der Waals surface area contributed by atoms with Gasteiger partial charge in [0.2, 0.25) is 10.0 Å². The third-order valence-corrected chi connectivity index (χ3v) is 4.59. The summed E-state index contributed by atoms with van der Waals surface area (Å²) < 4.78 is 26.8. The highest BCUT2D eigenvalue weighted by Crippen LogP contribution is 2.15. The van der Waals surface area contributed by atoms with Crippen LogP contribution in [0.25, 0.3) is 0 Å². The molecule has 0 unspecified atom stereocenters. The molecule has 1 atom stereocenters. The van der Waals surface area contributed by atoms with Gasteiger partial charge in [-0.25, -0.2) is 13.4 Å². The van der Waals surface area contributed by atoms with Crippen LogP contribution in [-0.4, -0.2) is 35.5 Å². The molecule has 7 nitrogen and oxygen atoms in total. The van der Waals surface area contributed by atoms with Gasteiger partial charge in [-0.05, 0) is 18.6 Å². The largest absolute Gasteiger partial charge is 0.480 e. The minimum absolute atomic E-state index is 0.0134. The standard InChI is InChI=1S/C13H15N3O4S/c1-9-4-2-3-5-12(9)21(19,20)16-11(13(17)18)6-10-7-14-8-15-10/h2-5,7-8,11,16H,6H2,1H3,(H,14,15)(H,17,18)/t11-/m0/s1. The lowest BCUT2D eigenvalue weighted by Crippen LogP contribution is -2.42. The van der Waals surface area contributed by atoms with Gasteiger partial charge in [0.25, 0.3) is 0 Å². The average molecular weight is 309 g/mol. The highest BCUT2D eigenvalue weighted by molar-refractivity contribution is 7.89. The van der Waals surface area contributed by atoms with Crippen molar-refractivity contribution in [3.63, 3.8) is 0 Å². The van der Waals surface area contributed by atoms with Gasteiger partial charge in [-0.15, -0.1) is 0 Å². The summed E-state index contributed by atoms with van der Waals surface area (Å²) >= 11 is 0. The Morgan fingerprint density at radius 1 is 1.43 bits per heavy atom. The molecule has 112 valence electrons. The molecule has 0 saturated carbocycles. The van der Waals surface area contributed by atoms with Crippen molar-refractivity contribution in [1.29, 1.82) is 0 Å². The van der Waals surface area contributed by atoms with Crippen LogP contribution in [0.2, 0.25) is 0 Å². The van der Waals surface area contributed by atoms with E-state index >= 15 is 0 Å². The van der Waals surface area contributed by atoms with E-state index in [2.05, 4.69) is 14.7 Å². The van der Waals surface area contributed by atoms with Crippen LogP contribution in [0.5, 0.6) is 0 Å². The van der Waals surface area contributed by atoms with E-state index in [1.807, 2.05) is 0 Å². The first-order valence-electron chi connectivity index (χ1n) is 6.18. The zero-order valence-electron chi connectivity index (χ0n) is 11.3. The zero-order chi connectivity index (χ0) is 15.5. The molecule has 3 N–H and O–H groups in total. The average Bonchev–Trinajstić information content (AvgIpc) is 2.91. The van der Waals surface area contributed by atoms with E-state index in [1.54, 1.807) is 25.1 Å². The quantitative estimate of drug-likeness (QED) is 0.727. The van der Waals surface area contributed by atoms with Crippen molar-refractivity contribution < 1.29 is 18.3 Å². The predicted molar refractivity (Wildman–Crippen MR) is 75.2 cm³/mol. The van der Waals surface area contributed by atoms with Gasteiger partial charge in [0.15, 0.2) is 0 Å². The van der Waals surface area contributed by atoms with Crippen LogP contribution in [0, 0.1) is 6.92 Å². The van der Waals surface area contributed by atoms with Crippen LogP contribution < -0.4 is 4.72 Å². The Morgan fingerprint density at radius 3 is 2.71 bits per heavy atom. The minimum atomic E-state index is -3.90. The maximum Gasteiger partial charge on any atom is 0.322 e. The number of aryl methyl sites for hydroxylation is 1. The third-order valence-electron chi connectivity index (χ3n) is 2.96. The van der Waals surface area contributed by atoms with Crippen molar-refractivity contribution in [2.24, 2.45) is 0 Å². The highest BCUT2D eigenvalue weighted by Gasteiger charge is 2.26. The Balaban J connectivity index is 2.24. The van der Waals surface area contributed by atoms with E-state index in [9.17, 15) is 18.3 Å². The lowest BCUT2D eigenvalue weighted by molar-refractivity contribution is -0.138. The molecular weight excluding hydrogens is 294 g/mol. The zero-order valence-corrected chi connectivity index (χ0v) is 12.1. The van der Waals surface area contributed by atoms with Gasteiger partial charge in [0.05, 0.1) is 11.2 Å². The minimum Gasteiger partial charge on any atom is -0.480 e.